The van der Waals surface area contributed by atoms with Crippen LogP contribution >= 0.6 is 12.2 Å². The molecule has 5 heteroatoms. The maximum Gasteiger partial charge on any atom is 0.224 e. The van der Waals surface area contributed by atoms with Gasteiger partial charge in [0.25, 0.3) is 0 Å². The number of nitrogens with zero attached hydrogens (tertiary/aromatic N) is 2. The van der Waals surface area contributed by atoms with Crippen molar-refractivity contribution in [3.05, 3.63) is 10.6 Å². The Morgan fingerprint density at radius 1 is 1.54 bits per heavy atom. The second kappa shape index (κ2) is 3.06. The Morgan fingerprint density at radius 3 is 2.77 bits per heavy atom. The minimum atomic E-state index is 0.332. The lowest BCUT2D eigenvalue weighted by Gasteiger charge is -2.08. The fraction of sp³-hybridized carbons (Fsp3) is 0.625. The highest BCUT2D eigenvalue weighted by Crippen LogP contribution is 2.40. The molecular weight excluding hydrogens is 184 g/mol. The first kappa shape index (κ1) is 8.62. The van der Waals surface area contributed by atoms with E-state index in [-0.39, 0.29) is 0 Å². The molecule has 0 spiro atoms. The van der Waals surface area contributed by atoms with Gasteiger partial charge in [0.1, 0.15) is 5.82 Å². The quantitative estimate of drug-likeness (QED) is 0.705. The van der Waals surface area contributed by atoms with Crippen molar-refractivity contribution in [1.29, 1.82) is 0 Å². The zero-order valence-electron chi connectivity index (χ0n) is 7.45. The molecule has 0 aromatic carbocycles. The van der Waals surface area contributed by atoms with Crippen molar-refractivity contribution < 1.29 is 0 Å². The number of rotatable bonds is 2. The standard InChI is InChI=1S/C8H12N4S/c1-4(5-2-3-5)6-10-7(9)12-8(13)11-6/h4-5H,2-3H2,1H3,(H3,9,10,11,12,13). The van der Waals surface area contributed by atoms with E-state index in [4.69, 9.17) is 18.0 Å². The summed E-state index contributed by atoms with van der Waals surface area (Å²) in [5, 5.41) is 0. The second-order valence-electron chi connectivity index (χ2n) is 3.53. The monoisotopic (exact) mass is 196 g/mol. The Kier molecular flexibility index (Phi) is 2.03. The van der Waals surface area contributed by atoms with Crippen LogP contribution in [0.4, 0.5) is 5.95 Å². The van der Waals surface area contributed by atoms with Crippen molar-refractivity contribution in [3.8, 4) is 0 Å². The molecular formula is C8H12N4S. The van der Waals surface area contributed by atoms with E-state index in [9.17, 15) is 0 Å². The van der Waals surface area contributed by atoms with Gasteiger partial charge in [-0.2, -0.15) is 4.98 Å². The van der Waals surface area contributed by atoms with Crippen molar-refractivity contribution in [2.24, 2.45) is 5.92 Å². The maximum atomic E-state index is 5.54. The van der Waals surface area contributed by atoms with Crippen LogP contribution in [0.25, 0.3) is 0 Å². The first-order chi connectivity index (χ1) is 6.16. The van der Waals surface area contributed by atoms with Gasteiger partial charge in [-0.05, 0) is 31.0 Å². The molecule has 4 nitrogen and oxygen atoms in total. The molecule has 1 unspecified atom stereocenters. The van der Waals surface area contributed by atoms with Crippen molar-refractivity contribution in [2.75, 3.05) is 5.73 Å². The number of hydrogen-bond donors (Lipinski definition) is 2. The average Bonchev–Trinajstić information content (AvgIpc) is 2.83. The van der Waals surface area contributed by atoms with E-state index in [2.05, 4.69) is 21.9 Å². The van der Waals surface area contributed by atoms with Gasteiger partial charge in [-0.1, -0.05) is 6.92 Å². The van der Waals surface area contributed by atoms with Crippen LogP contribution < -0.4 is 5.73 Å². The molecule has 1 atom stereocenters. The van der Waals surface area contributed by atoms with Crippen molar-refractivity contribution in [3.63, 3.8) is 0 Å². The fourth-order valence-corrected chi connectivity index (χ4v) is 1.65. The van der Waals surface area contributed by atoms with Gasteiger partial charge in [-0.3, -0.25) is 0 Å². The van der Waals surface area contributed by atoms with E-state index in [0.717, 1.165) is 11.7 Å². The Labute approximate surface area is 81.6 Å². The number of hydrogen-bond acceptors (Lipinski definition) is 4. The van der Waals surface area contributed by atoms with Crippen LogP contribution in [0.15, 0.2) is 0 Å². The first-order valence-corrected chi connectivity index (χ1v) is 4.81. The van der Waals surface area contributed by atoms with Crippen molar-refractivity contribution in [2.45, 2.75) is 25.7 Å². The summed E-state index contributed by atoms with van der Waals surface area (Å²) >= 11 is 4.89. The molecule has 70 valence electrons. The van der Waals surface area contributed by atoms with Gasteiger partial charge in [0.2, 0.25) is 10.7 Å². The molecule has 0 radical (unpaired) electrons. The van der Waals surface area contributed by atoms with Crippen LogP contribution in [0, 0.1) is 10.7 Å². The molecule has 1 aromatic heterocycles. The van der Waals surface area contributed by atoms with E-state index in [1.54, 1.807) is 0 Å². The molecule has 1 saturated carbocycles. The van der Waals surface area contributed by atoms with Gasteiger partial charge in [0, 0.05) is 5.92 Å². The highest BCUT2D eigenvalue weighted by Gasteiger charge is 2.30. The van der Waals surface area contributed by atoms with E-state index in [0.29, 0.717) is 16.6 Å². The number of H-pyrrole nitrogens is 1. The Bertz CT molecular complexity index is 369. The molecule has 1 aliphatic carbocycles. The summed E-state index contributed by atoms with van der Waals surface area (Å²) in [7, 11) is 0. The normalized spacial score (nSPS) is 18.5. The van der Waals surface area contributed by atoms with Crippen LogP contribution in [-0.2, 0) is 0 Å². The van der Waals surface area contributed by atoms with Crippen molar-refractivity contribution in [1.82, 2.24) is 15.0 Å². The minimum absolute atomic E-state index is 0.332. The number of nitrogens with two attached hydrogens (primary N) is 1. The summed E-state index contributed by atoms with van der Waals surface area (Å²) in [6.45, 7) is 2.14. The smallest absolute Gasteiger partial charge is 0.224 e. The third-order valence-corrected chi connectivity index (χ3v) is 2.63. The molecule has 1 heterocycles. The van der Waals surface area contributed by atoms with E-state index < -0.39 is 0 Å². The molecule has 1 aliphatic rings. The molecule has 1 fully saturated rings. The first-order valence-electron chi connectivity index (χ1n) is 4.40. The number of nitrogens with one attached hydrogen (secondary N) is 1. The van der Waals surface area contributed by atoms with Crippen LogP contribution in [-0.4, -0.2) is 15.0 Å². The van der Waals surface area contributed by atoms with Gasteiger partial charge in [0.05, 0.1) is 0 Å². The van der Waals surface area contributed by atoms with Crippen LogP contribution in [0.2, 0.25) is 0 Å². The summed E-state index contributed by atoms with van der Waals surface area (Å²) in [4.78, 5) is 10.9. The van der Waals surface area contributed by atoms with Crippen molar-refractivity contribution >= 4 is 18.2 Å². The third kappa shape index (κ3) is 1.85. The average molecular weight is 196 g/mol. The summed E-state index contributed by atoms with van der Waals surface area (Å²) in [6.07, 6.45) is 2.57. The molecule has 2 rings (SSSR count). The van der Waals surface area contributed by atoms with E-state index in [1.165, 1.54) is 12.8 Å². The van der Waals surface area contributed by atoms with Gasteiger partial charge in [-0.15, -0.1) is 0 Å². The highest BCUT2D eigenvalue weighted by molar-refractivity contribution is 7.71. The Morgan fingerprint density at radius 2 is 2.23 bits per heavy atom. The molecule has 3 N–H and O–H groups in total. The van der Waals surface area contributed by atoms with Crippen LogP contribution in [0.5, 0.6) is 0 Å². The van der Waals surface area contributed by atoms with E-state index >= 15 is 0 Å². The summed E-state index contributed by atoms with van der Waals surface area (Å²) in [5.74, 6) is 2.41. The number of nitrogen functional groups attached to an aromatic ring is 1. The maximum absolute atomic E-state index is 5.54. The molecule has 1 aromatic rings. The third-order valence-electron chi connectivity index (χ3n) is 2.45. The van der Waals surface area contributed by atoms with Gasteiger partial charge in [-0.25, -0.2) is 4.98 Å². The largest absolute Gasteiger partial charge is 0.369 e. The Balaban J connectivity index is 2.33. The summed E-state index contributed by atoms with van der Waals surface area (Å²) in [5.41, 5.74) is 5.54. The molecule has 0 aliphatic heterocycles. The second-order valence-corrected chi connectivity index (χ2v) is 3.89. The van der Waals surface area contributed by atoms with Gasteiger partial charge < -0.3 is 10.7 Å². The molecule has 0 saturated heterocycles. The highest BCUT2D eigenvalue weighted by atomic mass is 32.1. The number of aromatic nitrogens is 3. The van der Waals surface area contributed by atoms with E-state index in [1.807, 2.05) is 0 Å². The lowest BCUT2D eigenvalue weighted by atomic mass is 10.1. The van der Waals surface area contributed by atoms with Crippen LogP contribution in [0.1, 0.15) is 31.5 Å². The molecule has 0 bridgehead atoms. The minimum Gasteiger partial charge on any atom is -0.369 e. The Hall–Kier alpha value is -0.970. The lowest BCUT2D eigenvalue weighted by molar-refractivity contribution is 0.616. The fourth-order valence-electron chi connectivity index (χ4n) is 1.45. The van der Waals surface area contributed by atoms with Gasteiger partial charge >= 0.3 is 0 Å². The predicted octanol–water partition coefficient (Wildman–Crippen LogP) is 1.63. The topological polar surface area (TPSA) is 67.6 Å². The van der Waals surface area contributed by atoms with Gasteiger partial charge in [0.15, 0.2) is 0 Å². The number of aromatic amines is 1. The molecule has 0 amide bonds. The number of anilines is 1. The predicted molar refractivity (Wildman–Crippen MR) is 52.8 cm³/mol. The summed E-state index contributed by atoms with van der Waals surface area (Å²) in [6, 6.07) is 0. The van der Waals surface area contributed by atoms with Crippen LogP contribution in [0.3, 0.4) is 0 Å². The molecule has 13 heavy (non-hydrogen) atoms. The zero-order valence-corrected chi connectivity index (χ0v) is 8.27. The zero-order chi connectivity index (χ0) is 9.42. The lowest BCUT2D eigenvalue weighted by Crippen LogP contribution is -2.07. The summed E-state index contributed by atoms with van der Waals surface area (Å²) < 4.78 is 0.332. The SMILES string of the molecule is CC(c1nc(=S)nc(N)[nH]1)C1CC1.